The molecular weight excluding hydrogens is 427 g/mol. The summed E-state index contributed by atoms with van der Waals surface area (Å²) < 4.78 is 52.8. The van der Waals surface area contributed by atoms with Crippen LogP contribution in [0.25, 0.3) is 5.82 Å². The predicted molar refractivity (Wildman–Crippen MR) is 108 cm³/mol. The Hall–Kier alpha value is -3.63. The lowest BCUT2D eigenvalue weighted by Gasteiger charge is -2.14. The number of anilines is 1. The fraction of sp³-hybridized carbons (Fsp3) is 0.333. The minimum absolute atomic E-state index is 0.113. The first kappa shape index (κ1) is 21.6. The smallest absolute Gasteiger partial charge is 0.434 e. The van der Waals surface area contributed by atoms with Crippen molar-refractivity contribution in [3.63, 3.8) is 0 Å². The summed E-state index contributed by atoms with van der Waals surface area (Å²) in [6, 6.07) is 9.19. The van der Waals surface area contributed by atoms with E-state index < -0.39 is 23.3 Å². The van der Waals surface area contributed by atoms with Crippen LogP contribution >= 0.6 is 0 Å². The topological polar surface area (TPSA) is 91.2 Å². The van der Waals surface area contributed by atoms with E-state index in [1.807, 2.05) is 0 Å². The van der Waals surface area contributed by atoms with Crippen molar-refractivity contribution >= 4 is 11.6 Å². The monoisotopic (exact) mass is 447 g/mol. The fourth-order valence-corrected chi connectivity index (χ4v) is 3.54. The maximum Gasteiger partial charge on any atom is 0.434 e. The zero-order valence-electron chi connectivity index (χ0n) is 17.1. The molecule has 1 saturated carbocycles. The summed E-state index contributed by atoms with van der Waals surface area (Å²) in [7, 11) is 1.36. The molecule has 32 heavy (non-hydrogen) atoms. The van der Waals surface area contributed by atoms with Crippen LogP contribution in [0.1, 0.15) is 41.7 Å². The van der Waals surface area contributed by atoms with Gasteiger partial charge in [0.2, 0.25) is 5.88 Å². The third-order valence-electron chi connectivity index (χ3n) is 5.03. The standard InChI is InChI=1S/C21H20F3N5O3/c1-31-18-10-9-17(27-28-18)29-19(21(22,23)24)16(12-25-29)20(30)26-13-5-4-8-15(11-13)32-14-6-2-3-7-14/h4-5,8-12,14H,2-3,6-7H2,1H3,(H,26,30). The maximum atomic E-state index is 13.8. The fourth-order valence-electron chi connectivity index (χ4n) is 3.54. The van der Waals surface area contributed by atoms with Gasteiger partial charge in [-0.15, -0.1) is 10.2 Å². The number of ether oxygens (including phenoxy) is 2. The van der Waals surface area contributed by atoms with Crippen LogP contribution in [-0.4, -0.2) is 39.1 Å². The van der Waals surface area contributed by atoms with E-state index in [-0.39, 0.29) is 17.8 Å². The number of carbonyl (C=O) groups excluding carboxylic acids is 1. The third kappa shape index (κ3) is 4.66. The van der Waals surface area contributed by atoms with Crippen LogP contribution in [0.2, 0.25) is 0 Å². The van der Waals surface area contributed by atoms with Crippen LogP contribution in [0.3, 0.4) is 0 Å². The van der Waals surface area contributed by atoms with E-state index in [2.05, 4.69) is 20.6 Å². The number of halogens is 3. The van der Waals surface area contributed by atoms with E-state index in [1.54, 1.807) is 24.3 Å². The van der Waals surface area contributed by atoms with E-state index in [1.165, 1.54) is 19.2 Å². The van der Waals surface area contributed by atoms with Crippen molar-refractivity contribution < 1.29 is 27.4 Å². The van der Waals surface area contributed by atoms with Gasteiger partial charge in [0.1, 0.15) is 5.75 Å². The van der Waals surface area contributed by atoms with E-state index in [0.29, 0.717) is 16.1 Å². The number of alkyl halides is 3. The molecule has 1 aliphatic carbocycles. The van der Waals surface area contributed by atoms with Gasteiger partial charge in [-0.05, 0) is 43.9 Å². The highest BCUT2D eigenvalue weighted by atomic mass is 19.4. The van der Waals surface area contributed by atoms with Crippen LogP contribution < -0.4 is 14.8 Å². The molecule has 8 nitrogen and oxygen atoms in total. The van der Waals surface area contributed by atoms with Crippen molar-refractivity contribution in [2.75, 3.05) is 12.4 Å². The van der Waals surface area contributed by atoms with Gasteiger partial charge in [0.05, 0.1) is 25.0 Å². The Morgan fingerprint density at radius 1 is 1.16 bits per heavy atom. The molecule has 0 saturated heterocycles. The molecule has 1 aromatic carbocycles. The first-order valence-electron chi connectivity index (χ1n) is 9.96. The minimum atomic E-state index is -4.86. The second-order valence-electron chi connectivity index (χ2n) is 7.26. The van der Waals surface area contributed by atoms with E-state index in [4.69, 9.17) is 9.47 Å². The largest absolute Gasteiger partial charge is 0.490 e. The molecule has 0 bridgehead atoms. The molecule has 0 aliphatic heterocycles. The summed E-state index contributed by atoms with van der Waals surface area (Å²) in [5, 5.41) is 13.6. The van der Waals surface area contributed by atoms with Crippen LogP contribution in [0.4, 0.5) is 18.9 Å². The molecule has 1 N–H and O–H groups in total. The maximum absolute atomic E-state index is 13.8. The van der Waals surface area contributed by atoms with Crippen molar-refractivity contribution in [2.45, 2.75) is 38.0 Å². The predicted octanol–water partition coefficient (Wildman–Crippen LogP) is 4.26. The van der Waals surface area contributed by atoms with Gasteiger partial charge >= 0.3 is 6.18 Å². The molecule has 168 valence electrons. The zero-order valence-corrected chi connectivity index (χ0v) is 17.1. The Bertz CT molecular complexity index is 1090. The Labute approximate surface area is 181 Å². The lowest BCUT2D eigenvalue weighted by molar-refractivity contribution is -0.143. The molecule has 2 aromatic heterocycles. The highest BCUT2D eigenvalue weighted by Gasteiger charge is 2.41. The summed E-state index contributed by atoms with van der Waals surface area (Å²) in [5.41, 5.74) is -1.58. The van der Waals surface area contributed by atoms with Gasteiger partial charge in [-0.2, -0.15) is 18.3 Å². The molecule has 4 rings (SSSR count). The molecule has 11 heteroatoms. The van der Waals surface area contributed by atoms with Crippen LogP contribution in [0, 0.1) is 0 Å². The van der Waals surface area contributed by atoms with Crippen LogP contribution in [0.15, 0.2) is 42.6 Å². The molecule has 2 heterocycles. The van der Waals surface area contributed by atoms with Gasteiger partial charge in [-0.1, -0.05) is 6.07 Å². The van der Waals surface area contributed by atoms with Crippen LogP contribution in [-0.2, 0) is 6.18 Å². The van der Waals surface area contributed by atoms with Gasteiger partial charge in [0, 0.05) is 17.8 Å². The molecule has 3 aromatic rings. The number of hydrogen-bond acceptors (Lipinski definition) is 6. The Morgan fingerprint density at radius 2 is 1.94 bits per heavy atom. The normalized spacial score (nSPS) is 14.4. The van der Waals surface area contributed by atoms with E-state index >= 15 is 0 Å². The number of methoxy groups -OCH3 is 1. The number of nitrogens with one attached hydrogen (secondary N) is 1. The van der Waals surface area contributed by atoms with Crippen molar-refractivity contribution in [3.8, 4) is 17.4 Å². The first-order valence-corrected chi connectivity index (χ1v) is 9.96. The molecule has 0 spiro atoms. The summed E-state index contributed by atoms with van der Waals surface area (Å²) in [5.74, 6) is -0.478. The van der Waals surface area contributed by atoms with E-state index in [9.17, 15) is 18.0 Å². The second kappa shape index (κ2) is 8.85. The Morgan fingerprint density at radius 3 is 2.59 bits per heavy atom. The van der Waals surface area contributed by atoms with Crippen LogP contribution in [0.5, 0.6) is 11.6 Å². The molecule has 0 unspecified atom stereocenters. The lowest BCUT2D eigenvalue weighted by Crippen LogP contribution is -2.21. The number of carbonyl (C=O) groups is 1. The molecule has 1 fully saturated rings. The molecular formula is C21H20F3N5O3. The molecule has 0 atom stereocenters. The zero-order chi connectivity index (χ0) is 22.7. The SMILES string of the molecule is COc1ccc(-n2ncc(C(=O)Nc3cccc(OC4CCCC4)c3)c2C(F)(F)F)nn1. The molecule has 1 amide bonds. The van der Waals surface area contributed by atoms with Crippen molar-refractivity contribution in [2.24, 2.45) is 0 Å². The number of aromatic nitrogens is 4. The minimum Gasteiger partial charge on any atom is -0.490 e. The number of amides is 1. The summed E-state index contributed by atoms with van der Waals surface area (Å²) in [6.45, 7) is 0. The highest BCUT2D eigenvalue weighted by molar-refractivity contribution is 6.05. The van der Waals surface area contributed by atoms with Crippen molar-refractivity contribution in [1.29, 1.82) is 0 Å². The molecule has 0 radical (unpaired) electrons. The van der Waals surface area contributed by atoms with Gasteiger partial charge in [-0.25, -0.2) is 4.68 Å². The Balaban J connectivity index is 1.59. The van der Waals surface area contributed by atoms with Gasteiger partial charge in [0.25, 0.3) is 5.91 Å². The first-order chi connectivity index (χ1) is 15.3. The van der Waals surface area contributed by atoms with Gasteiger partial charge in [0.15, 0.2) is 11.5 Å². The van der Waals surface area contributed by atoms with Gasteiger partial charge in [-0.3, -0.25) is 4.79 Å². The highest BCUT2D eigenvalue weighted by Crippen LogP contribution is 2.34. The summed E-state index contributed by atoms with van der Waals surface area (Å²) in [4.78, 5) is 12.7. The Kier molecular flexibility index (Phi) is 5.97. The van der Waals surface area contributed by atoms with Gasteiger partial charge < -0.3 is 14.8 Å². The third-order valence-corrected chi connectivity index (χ3v) is 5.03. The van der Waals surface area contributed by atoms with Crippen molar-refractivity contribution in [1.82, 2.24) is 20.0 Å². The number of hydrogen-bond donors (Lipinski definition) is 1. The molecule has 1 aliphatic rings. The van der Waals surface area contributed by atoms with E-state index in [0.717, 1.165) is 31.9 Å². The second-order valence-corrected chi connectivity index (χ2v) is 7.26. The summed E-state index contributed by atoms with van der Waals surface area (Å²) in [6.07, 6.45) is 0.217. The quantitative estimate of drug-likeness (QED) is 0.607. The van der Waals surface area contributed by atoms with Crippen molar-refractivity contribution in [3.05, 3.63) is 53.9 Å². The number of nitrogens with zero attached hydrogens (tertiary/aromatic N) is 4. The average Bonchev–Trinajstić information content (AvgIpc) is 3.44. The summed E-state index contributed by atoms with van der Waals surface area (Å²) >= 11 is 0. The number of benzene rings is 1. The lowest BCUT2D eigenvalue weighted by atomic mass is 10.2. The number of rotatable bonds is 6. The average molecular weight is 447 g/mol.